The molecule has 2 amide bonds. The molecule has 3 aliphatic carbocycles. The molecule has 2 bridgehead atoms. The van der Waals surface area contributed by atoms with E-state index in [9.17, 15) is 19.7 Å². The predicted molar refractivity (Wildman–Crippen MR) is 97.7 cm³/mol. The van der Waals surface area contributed by atoms with Crippen molar-refractivity contribution in [3.63, 3.8) is 0 Å². The summed E-state index contributed by atoms with van der Waals surface area (Å²) < 4.78 is 1.20. The average molecular weight is 387 g/mol. The first kappa shape index (κ1) is 16.1. The Kier molecular flexibility index (Phi) is 2.85. The van der Waals surface area contributed by atoms with Crippen molar-refractivity contribution in [1.29, 1.82) is 0 Å². The van der Waals surface area contributed by atoms with Crippen LogP contribution in [0.3, 0.4) is 0 Å². The molecular formula is C20H13N5O4. The lowest BCUT2D eigenvalue weighted by Crippen LogP contribution is -2.57. The summed E-state index contributed by atoms with van der Waals surface area (Å²) in [6, 6.07) is 14.1. The molecule has 2 atom stereocenters. The van der Waals surface area contributed by atoms with Crippen molar-refractivity contribution in [2.45, 2.75) is 11.5 Å². The van der Waals surface area contributed by atoms with E-state index < -0.39 is 40.0 Å². The number of aromatic nitrogens is 3. The molecule has 0 radical (unpaired) electrons. The third-order valence-corrected chi connectivity index (χ3v) is 6.48. The van der Waals surface area contributed by atoms with Crippen LogP contribution < -0.4 is 5.01 Å². The Morgan fingerprint density at radius 1 is 0.897 bits per heavy atom. The molecule has 9 heteroatoms. The van der Waals surface area contributed by atoms with E-state index in [0.717, 1.165) is 16.1 Å². The van der Waals surface area contributed by atoms with Gasteiger partial charge in [-0.15, -0.1) is 10.2 Å². The number of amides is 2. The lowest BCUT2D eigenvalue weighted by atomic mass is 9.51. The van der Waals surface area contributed by atoms with Gasteiger partial charge in [0.15, 0.2) is 0 Å². The second-order valence-corrected chi connectivity index (χ2v) is 7.51. The van der Waals surface area contributed by atoms with Crippen LogP contribution in [0.2, 0.25) is 0 Å². The molecule has 0 unspecified atom stereocenters. The van der Waals surface area contributed by atoms with Gasteiger partial charge in [0.1, 0.15) is 18.6 Å². The highest BCUT2D eigenvalue weighted by molar-refractivity contribution is 6.18. The van der Waals surface area contributed by atoms with E-state index in [1.807, 2.05) is 24.3 Å². The van der Waals surface area contributed by atoms with E-state index in [2.05, 4.69) is 10.2 Å². The molecule has 1 aromatic heterocycles. The molecule has 1 saturated heterocycles. The molecule has 4 aliphatic rings. The van der Waals surface area contributed by atoms with Crippen molar-refractivity contribution in [2.24, 2.45) is 11.8 Å². The summed E-state index contributed by atoms with van der Waals surface area (Å²) in [5, 5.41) is 21.0. The minimum atomic E-state index is -1.82. The second kappa shape index (κ2) is 5.13. The number of imide groups is 1. The van der Waals surface area contributed by atoms with Crippen LogP contribution >= 0.6 is 0 Å². The highest BCUT2D eigenvalue weighted by Crippen LogP contribution is 2.63. The summed E-state index contributed by atoms with van der Waals surface area (Å²) in [7, 11) is 0. The summed E-state index contributed by atoms with van der Waals surface area (Å²) in [6.45, 7) is 0. The first-order chi connectivity index (χ1) is 14.1. The van der Waals surface area contributed by atoms with Crippen LogP contribution in [0.1, 0.15) is 28.2 Å². The maximum Gasteiger partial charge on any atom is 0.285 e. The van der Waals surface area contributed by atoms with E-state index >= 15 is 0 Å². The molecule has 9 nitrogen and oxygen atoms in total. The Morgan fingerprint density at radius 2 is 1.45 bits per heavy atom. The van der Waals surface area contributed by atoms with Crippen molar-refractivity contribution >= 4 is 11.8 Å². The summed E-state index contributed by atoms with van der Waals surface area (Å²) in [6.07, 6.45) is 2.49. The standard InChI is InChI=1S/C20H13N5O4/c26-18-16-15-11-5-1-3-7-13(11)20(25(28)29,14-8-4-2-6-12(14)15)17(16)19(27)24(18)23-9-21-22-10-23/h1-10,15-17H/t15?,16-,17+,20?/m1/s1. The van der Waals surface area contributed by atoms with Gasteiger partial charge in [0, 0.05) is 22.0 Å². The fourth-order valence-electron chi connectivity index (χ4n) is 5.55. The van der Waals surface area contributed by atoms with Crippen LogP contribution in [-0.2, 0) is 15.1 Å². The third kappa shape index (κ3) is 1.63. The smallest absolute Gasteiger partial charge is 0.272 e. The molecule has 1 aliphatic heterocycles. The molecule has 7 rings (SSSR count). The molecule has 29 heavy (non-hydrogen) atoms. The van der Waals surface area contributed by atoms with Crippen LogP contribution in [0.5, 0.6) is 0 Å². The Hall–Kier alpha value is -3.88. The third-order valence-electron chi connectivity index (χ3n) is 6.48. The van der Waals surface area contributed by atoms with Crippen LogP contribution in [0.4, 0.5) is 0 Å². The van der Waals surface area contributed by atoms with Gasteiger partial charge in [-0.1, -0.05) is 48.5 Å². The molecular weight excluding hydrogens is 374 g/mol. The maximum atomic E-state index is 13.5. The molecule has 1 fully saturated rings. The number of hydrogen-bond acceptors (Lipinski definition) is 6. The van der Waals surface area contributed by atoms with Crippen LogP contribution in [0.15, 0.2) is 61.2 Å². The number of nitro groups is 1. The van der Waals surface area contributed by atoms with E-state index in [1.54, 1.807) is 24.3 Å². The highest BCUT2D eigenvalue weighted by atomic mass is 16.6. The van der Waals surface area contributed by atoms with Crippen molar-refractivity contribution < 1.29 is 14.5 Å². The van der Waals surface area contributed by atoms with Gasteiger partial charge in [-0.05, 0) is 11.1 Å². The number of nitrogens with zero attached hydrogens (tertiary/aromatic N) is 5. The van der Waals surface area contributed by atoms with Crippen LogP contribution in [-0.4, -0.2) is 31.6 Å². The lowest BCUT2D eigenvalue weighted by Gasteiger charge is -2.48. The maximum absolute atomic E-state index is 13.5. The number of carbonyl (C=O) groups excluding carboxylic acids is 2. The van der Waals surface area contributed by atoms with Gasteiger partial charge in [-0.25, -0.2) is 4.68 Å². The zero-order valence-electron chi connectivity index (χ0n) is 14.9. The summed E-state index contributed by atoms with van der Waals surface area (Å²) in [5.74, 6) is -3.50. The predicted octanol–water partition coefficient (Wildman–Crippen LogP) is 1.19. The monoisotopic (exact) mass is 387 g/mol. The Bertz CT molecular complexity index is 1170. The Labute approximate surface area is 163 Å². The van der Waals surface area contributed by atoms with Gasteiger partial charge in [0.05, 0.1) is 5.92 Å². The van der Waals surface area contributed by atoms with Crippen LogP contribution in [0.25, 0.3) is 0 Å². The van der Waals surface area contributed by atoms with Gasteiger partial charge in [-0.2, -0.15) is 5.01 Å². The van der Waals surface area contributed by atoms with Crippen LogP contribution in [0, 0.1) is 22.0 Å². The molecule has 142 valence electrons. The topological polar surface area (TPSA) is 111 Å². The van der Waals surface area contributed by atoms with E-state index in [-0.39, 0.29) is 0 Å². The van der Waals surface area contributed by atoms with Crippen molar-refractivity contribution in [2.75, 3.05) is 5.01 Å². The molecule has 2 aromatic carbocycles. The van der Waals surface area contributed by atoms with E-state index in [1.165, 1.54) is 17.3 Å². The number of rotatable bonds is 2. The van der Waals surface area contributed by atoms with Gasteiger partial charge < -0.3 is 0 Å². The number of hydrogen-bond donors (Lipinski definition) is 0. The molecule has 0 saturated carbocycles. The van der Waals surface area contributed by atoms with Crippen molar-refractivity contribution in [1.82, 2.24) is 14.9 Å². The SMILES string of the molecule is O=C1[C@@H]2C3c4ccccc4C([N+](=O)[O-])(c4ccccc43)[C@@H]2C(=O)N1n1cnnc1. The van der Waals surface area contributed by atoms with E-state index in [0.29, 0.717) is 11.1 Å². The van der Waals surface area contributed by atoms with Crippen molar-refractivity contribution in [3.05, 3.63) is 93.6 Å². The molecule has 0 N–H and O–H groups in total. The number of benzene rings is 2. The van der Waals surface area contributed by atoms with Gasteiger partial charge in [0.2, 0.25) is 0 Å². The zero-order chi connectivity index (χ0) is 19.9. The Balaban J connectivity index is 1.72. The first-order valence-electron chi connectivity index (χ1n) is 9.14. The highest BCUT2D eigenvalue weighted by Gasteiger charge is 2.75. The normalized spacial score (nSPS) is 28.8. The van der Waals surface area contributed by atoms with Crippen molar-refractivity contribution in [3.8, 4) is 0 Å². The molecule has 2 heterocycles. The van der Waals surface area contributed by atoms with Gasteiger partial charge >= 0.3 is 0 Å². The fourth-order valence-corrected chi connectivity index (χ4v) is 5.55. The van der Waals surface area contributed by atoms with E-state index in [4.69, 9.17) is 0 Å². The summed E-state index contributed by atoms with van der Waals surface area (Å²) >= 11 is 0. The average Bonchev–Trinajstić information content (AvgIpc) is 3.35. The quantitative estimate of drug-likeness (QED) is 0.371. The molecule has 0 spiro atoms. The van der Waals surface area contributed by atoms with Gasteiger partial charge in [-0.3, -0.25) is 19.7 Å². The lowest BCUT2D eigenvalue weighted by molar-refractivity contribution is -0.578. The summed E-state index contributed by atoms with van der Waals surface area (Å²) in [5.41, 5.74) is 0.623. The second-order valence-electron chi connectivity index (χ2n) is 7.51. The fraction of sp³-hybridized carbons (Fsp3) is 0.200. The largest absolute Gasteiger partial charge is 0.285 e. The van der Waals surface area contributed by atoms with Gasteiger partial charge in [0.25, 0.3) is 17.4 Å². The Morgan fingerprint density at radius 3 is 2.00 bits per heavy atom. The molecule has 3 aromatic rings. The number of carbonyl (C=O) groups is 2. The minimum Gasteiger partial charge on any atom is -0.272 e. The zero-order valence-corrected chi connectivity index (χ0v) is 14.9. The summed E-state index contributed by atoms with van der Waals surface area (Å²) in [4.78, 5) is 39.3. The minimum absolute atomic E-state index is 0.390. The first-order valence-corrected chi connectivity index (χ1v) is 9.14.